The highest BCUT2D eigenvalue weighted by Gasteiger charge is 2.34. The second kappa shape index (κ2) is 7.05. The summed E-state index contributed by atoms with van der Waals surface area (Å²) in [5.41, 5.74) is 0.505. The normalized spacial score (nSPS) is 26.6. The van der Waals surface area contributed by atoms with Crippen molar-refractivity contribution in [3.05, 3.63) is 0 Å². The summed E-state index contributed by atoms with van der Waals surface area (Å²) in [6.45, 7) is 9.94. The van der Waals surface area contributed by atoms with Gasteiger partial charge in [-0.1, -0.05) is 6.92 Å². The lowest BCUT2D eigenvalue weighted by molar-refractivity contribution is 0.0416. The average Bonchev–Trinajstić information content (AvgIpc) is 2.19. The molecule has 98 valence electrons. The van der Waals surface area contributed by atoms with Gasteiger partial charge in [-0.15, -0.1) is 24.8 Å². The molecule has 2 heterocycles. The number of nitrogens with one attached hydrogen (secondary N) is 1. The van der Waals surface area contributed by atoms with Crippen molar-refractivity contribution in [2.24, 2.45) is 5.92 Å². The van der Waals surface area contributed by atoms with E-state index >= 15 is 0 Å². The van der Waals surface area contributed by atoms with E-state index in [4.69, 9.17) is 0 Å². The van der Waals surface area contributed by atoms with E-state index in [1.165, 1.54) is 51.9 Å². The molecule has 0 aromatic heterocycles. The van der Waals surface area contributed by atoms with Gasteiger partial charge in [0.25, 0.3) is 0 Å². The lowest BCUT2D eigenvalue weighted by Gasteiger charge is -2.47. The first-order valence-electron chi connectivity index (χ1n) is 6.16. The Kier molecular flexibility index (Phi) is 7.27. The van der Waals surface area contributed by atoms with Crippen LogP contribution in [-0.2, 0) is 0 Å². The molecule has 0 radical (unpaired) electrons. The van der Waals surface area contributed by atoms with Gasteiger partial charge in [0.15, 0.2) is 0 Å². The van der Waals surface area contributed by atoms with Crippen LogP contribution in [0.2, 0.25) is 0 Å². The molecule has 0 amide bonds. The fourth-order valence-electron chi connectivity index (χ4n) is 2.83. The monoisotopic (exact) mass is 268 g/mol. The predicted octanol–water partition coefficient (Wildman–Crippen LogP) is 2.70. The van der Waals surface area contributed by atoms with Crippen molar-refractivity contribution in [1.82, 2.24) is 10.2 Å². The number of piperidine rings is 2. The van der Waals surface area contributed by atoms with Gasteiger partial charge in [0, 0.05) is 5.54 Å². The maximum absolute atomic E-state index is 3.46. The number of rotatable bonds is 1. The SMILES string of the molecule is CC1CCN(C2(C)CCNCC2)CC1.Cl.Cl. The van der Waals surface area contributed by atoms with Crippen molar-refractivity contribution in [2.45, 2.75) is 45.1 Å². The summed E-state index contributed by atoms with van der Waals surface area (Å²) in [5.74, 6) is 0.955. The maximum Gasteiger partial charge on any atom is 0.0205 e. The Balaban J connectivity index is 0.00000112. The molecule has 2 fully saturated rings. The second-order valence-electron chi connectivity index (χ2n) is 5.42. The van der Waals surface area contributed by atoms with Gasteiger partial charge in [-0.3, -0.25) is 4.90 Å². The second-order valence-corrected chi connectivity index (χ2v) is 5.42. The van der Waals surface area contributed by atoms with Gasteiger partial charge in [0.05, 0.1) is 0 Å². The van der Waals surface area contributed by atoms with Crippen molar-refractivity contribution in [3.63, 3.8) is 0 Å². The van der Waals surface area contributed by atoms with Crippen molar-refractivity contribution < 1.29 is 0 Å². The average molecular weight is 269 g/mol. The molecule has 4 heteroatoms. The quantitative estimate of drug-likeness (QED) is 0.787. The zero-order valence-electron chi connectivity index (χ0n) is 10.5. The Morgan fingerprint density at radius 3 is 2.06 bits per heavy atom. The Morgan fingerprint density at radius 2 is 1.56 bits per heavy atom. The lowest BCUT2D eigenvalue weighted by atomic mass is 9.85. The minimum atomic E-state index is 0. The van der Waals surface area contributed by atoms with Crippen molar-refractivity contribution in [1.29, 1.82) is 0 Å². The smallest absolute Gasteiger partial charge is 0.0205 e. The molecule has 0 unspecified atom stereocenters. The topological polar surface area (TPSA) is 15.3 Å². The third-order valence-corrected chi connectivity index (χ3v) is 4.23. The van der Waals surface area contributed by atoms with E-state index < -0.39 is 0 Å². The molecular weight excluding hydrogens is 243 g/mol. The molecule has 0 atom stereocenters. The number of hydrogen-bond acceptors (Lipinski definition) is 2. The molecule has 2 nitrogen and oxygen atoms in total. The molecule has 2 saturated heterocycles. The van der Waals surface area contributed by atoms with Gasteiger partial charge < -0.3 is 5.32 Å². The highest BCUT2D eigenvalue weighted by atomic mass is 35.5. The van der Waals surface area contributed by atoms with Crippen LogP contribution in [0, 0.1) is 5.92 Å². The molecule has 1 N–H and O–H groups in total. The summed E-state index contributed by atoms with van der Waals surface area (Å²) >= 11 is 0. The Labute approximate surface area is 112 Å². The van der Waals surface area contributed by atoms with Crippen molar-refractivity contribution in [2.75, 3.05) is 26.2 Å². The number of nitrogens with zero attached hydrogens (tertiary/aromatic N) is 1. The third-order valence-electron chi connectivity index (χ3n) is 4.23. The minimum absolute atomic E-state index is 0. The van der Waals surface area contributed by atoms with Crippen molar-refractivity contribution >= 4 is 24.8 Å². The fourth-order valence-corrected chi connectivity index (χ4v) is 2.83. The molecule has 0 bridgehead atoms. The lowest BCUT2D eigenvalue weighted by Crippen LogP contribution is -2.54. The first-order chi connectivity index (χ1) is 6.71. The van der Waals surface area contributed by atoms with E-state index in [1.807, 2.05) is 0 Å². The van der Waals surface area contributed by atoms with E-state index in [1.54, 1.807) is 0 Å². The first-order valence-corrected chi connectivity index (χ1v) is 6.16. The summed E-state index contributed by atoms with van der Waals surface area (Å²) in [6.07, 6.45) is 5.48. The van der Waals surface area contributed by atoms with Crippen LogP contribution in [0.3, 0.4) is 0 Å². The largest absolute Gasteiger partial charge is 0.317 e. The Morgan fingerprint density at radius 1 is 1.06 bits per heavy atom. The van der Waals surface area contributed by atoms with E-state index in [2.05, 4.69) is 24.1 Å². The third kappa shape index (κ3) is 3.76. The zero-order valence-corrected chi connectivity index (χ0v) is 12.1. The molecule has 0 aromatic rings. The molecule has 0 aliphatic carbocycles. The summed E-state index contributed by atoms with van der Waals surface area (Å²) in [7, 11) is 0. The summed E-state index contributed by atoms with van der Waals surface area (Å²) in [6, 6.07) is 0. The van der Waals surface area contributed by atoms with Crippen LogP contribution in [0.4, 0.5) is 0 Å². The fraction of sp³-hybridized carbons (Fsp3) is 1.00. The number of hydrogen-bond donors (Lipinski definition) is 1. The van der Waals surface area contributed by atoms with Crippen LogP contribution >= 0.6 is 24.8 Å². The van der Waals surface area contributed by atoms with Crippen LogP contribution < -0.4 is 5.32 Å². The first kappa shape index (κ1) is 16.5. The van der Waals surface area contributed by atoms with Gasteiger partial charge in [0.1, 0.15) is 0 Å². The van der Waals surface area contributed by atoms with E-state index in [-0.39, 0.29) is 24.8 Å². The molecule has 2 aliphatic heterocycles. The molecule has 0 saturated carbocycles. The summed E-state index contributed by atoms with van der Waals surface area (Å²) < 4.78 is 0. The van der Waals surface area contributed by atoms with Gasteiger partial charge >= 0.3 is 0 Å². The highest BCUT2D eigenvalue weighted by Crippen LogP contribution is 2.30. The van der Waals surface area contributed by atoms with Gasteiger partial charge in [-0.05, 0) is 64.7 Å². The molecule has 16 heavy (non-hydrogen) atoms. The molecular formula is C12H26Cl2N2. The van der Waals surface area contributed by atoms with E-state index in [9.17, 15) is 0 Å². The van der Waals surface area contributed by atoms with Crippen molar-refractivity contribution in [3.8, 4) is 0 Å². The molecule has 0 spiro atoms. The zero-order chi connectivity index (χ0) is 10.0. The van der Waals surface area contributed by atoms with Gasteiger partial charge in [-0.25, -0.2) is 0 Å². The van der Waals surface area contributed by atoms with Crippen LogP contribution in [0.25, 0.3) is 0 Å². The van der Waals surface area contributed by atoms with Crippen LogP contribution in [-0.4, -0.2) is 36.6 Å². The van der Waals surface area contributed by atoms with Gasteiger partial charge in [0.2, 0.25) is 0 Å². The van der Waals surface area contributed by atoms with Crippen LogP contribution in [0.1, 0.15) is 39.5 Å². The summed E-state index contributed by atoms with van der Waals surface area (Å²) in [5, 5.41) is 3.46. The molecule has 2 rings (SSSR count). The molecule has 0 aromatic carbocycles. The maximum atomic E-state index is 3.46. The standard InChI is InChI=1S/C12H24N2.2ClH/c1-11-3-9-14(10-4-11)12(2)5-7-13-8-6-12;;/h11,13H,3-10H2,1-2H3;2*1H. The number of likely N-dealkylation sites (tertiary alicyclic amines) is 1. The van der Waals surface area contributed by atoms with E-state index in [0.717, 1.165) is 5.92 Å². The molecule has 2 aliphatic rings. The highest BCUT2D eigenvalue weighted by molar-refractivity contribution is 5.85. The van der Waals surface area contributed by atoms with Crippen LogP contribution in [0.15, 0.2) is 0 Å². The number of halogens is 2. The van der Waals surface area contributed by atoms with Crippen LogP contribution in [0.5, 0.6) is 0 Å². The minimum Gasteiger partial charge on any atom is -0.317 e. The predicted molar refractivity (Wildman–Crippen MR) is 75.0 cm³/mol. The van der Waals surface area contributed by atoms with E-state index in [0.29, 0.717) is 5.54 Å². The van der Waals surface area contributed by atoms with Gasteiger partial charge in [-0.2, -0.15) is 0 Å². The Bertz CT molecular complexity index is 185. The summed E-state index contributed by atoms with van der Waals surface area (Å²) in [4.78, 5) is 2.74. The Hall–Kier alpha value is 0.500.